The van der Waals surface area contributed by atoms with Gasteiger partial charge < -0.3 is 10.6 Å². The van der Waals surface area contributed by atoms with Crippen LogP contribution in [-0.2, 0) is 0 Å². The molecule has 0 saturated carbocycles. The number of rotatable bonds is 1. The molecule has 94 valence electrons. The Bertz CT molecular complexity index is 427. The van der Waals surface area contributed by atoms with E-state index in [2.05, 4.69) is 18.7 Å². The van der Waals surface area contributed by atoms with E-state index in [0.717, 1.165) is 18.0 Å². The number of benzene rings is 1. The smallest absolute Gasteiger partial charge is 0.138 e. The van der Waals surface area contributed by atoms with Crippen LogP contribution in [0.15, 0.2) is 12.1 Å². The van der Waals surface area contributed by atoms with Gasteiger partial charge in [0.05, 0.1) is 14.9 Å². The first kappa shape index (κ1) is 13.3. The minimum atomic E-state index is -0.187. The molecule has 0 aromatic heterocycles. The zero-order valence-electron chi connectivity index (χ0n) is 9.91. The van der Waals surface area contributed by atoms with Gasteiger partial charge in [-0.25, -0.2) is 4.39 Å². The number of anilines is 2. The summed E-state index contributed by atoms with van der Waals surface area (Å²) in [6.45, 7) is 5.31. The Morgan fingerprint density at radius 1 is 1.47 bits per heavy atom. The van der Waals surface area contributed by atoms with Crippen LogP contribution in [0, 0.1) is 9.39 Å². The third-order valence-electron chi connectivity index (χ3n) is 3.26. The maximum atomic E-state index is 13.6. The Morgan fingerprint density at radius 3 is 2.88 bits per heavy atom. The Kier molecular flexibility index (Phi) is 4.07. The number of nitrogens with two attached hydrogens (primary N) is 1. The van der Waals surface area contributed by atoms with Crippen molar-refractivity contribution in [3.8, 4) is 0 Å². The fourth-order valence-electron chi connectivity index (χ4n) is 2.07. The molecule has 0 radical (unpaired) electrons. The van der Waals surface area contributed by atoms with Crippen molar-refractivity contribution in [2.75, 3.05) is 22.9 Å². The van der Waals surface area contributed by atoms with E-state index in [-0.39, 0.29) is 5.82 Å². The van der Waals surface area contributed by atoms with Gasteiger partial charge in [0, 0.05) is 29.7 Å². The molecule has 0 spiro atoms. The molecular weight excluding hydrogens is 350 g/mol. The highest BCUT2D eigenvalue weighted by molar-refractivity contribution is 14.1. The molecule has 1 aliphatic rings. The Labute approximate surface area is 119 Å². The molecule has 0 aliphatic carbocycles. The maximum absolute atomic E-state index is 13.6. The van der Waals surface area contributed by atoms with Crippen LogP contribution >= 0.6 is 34.4 Å². The molecule has 2 atom stereocenters. The first-order chi connectivity index (χ1) is 8.00. The normalized spacial score (nSPS) is 25.1. The largest absolute Gasteiger partial charge is 0.397 e. The van der Waals surface area contributed by atoms with Crippen LogP contribution in [0.3, 0.4) is 0 Å². The lowest BCUT2D eigenvalue weighted by atomic mass is 10.1. The van der Waals surface area contributed by atoms with Crippen molar-refractivity contribution in [2.45, 2.75) is 25.1 Å². The first-order valence-electron chi connectivity index (χ1n) is 5.63. The highest BCUT2D eigenvalue weighted by Crippen LogP contribution is 2.34. The topological polar surface area (TPSA) is 29.3 Å². The van der Waals surface area contributed by atoms with Crippen molar-refractivity contribution < 1.29 is 4.39 Å². The average molecular weight is 366 g/mol. The van der Waals surface area contributed by atoms with Gasteiger partial charge in [0.2, 0.25) is 0 Å². The van der Waals surface area contributed by atoms with Crippen molar-refractivity contribution in [3.63, 3.8) is 0 Å². The third-order valence-corrected chi connectivity index (χ3v) is 5.43. The summed E-state index contributed by atoms with van der Waals surface area (Å²) in [7, 11) is 0. The second-order valence-corrected chi connectivity index (χ2v) is 6.98. The summed E-state index contributed by atoms with van der Waals surface area (Å²) >= 11 is 3.93. The summed E-state index contributed by atoms with van der Waals surface area (Å²) in [5.41, 5.74) is 7.51. The molecular formula is C12H16FIN2S. The number of thioether (sulfide) groups is 1. The summed E-state index contributed by atoms with van der Waals surface area (Å²) in [5.74, 6) is 0.881. The molecule has 1 aliphatic heterocycles. The number of hydrogen-bond acceptors (Lipinski definition) is 3. The molecule has 1 aromatic rings. The summed E-state index contributed by atoms with van der Waals surface area (Å²) < 4.78 is 14.2. The Morgan fingerprint density at radius 2 is 2.18 bits per heavy atom. The molecule has 1 fully saturated rings. The molecule has 0 bridgehead atoms. The molecule has 17 heavy (non-hydrogen) atoms. The van der Waals surface area contributed by atoms with Crippen LogP contribution < -0.4 is 10.6 Å². The minimum Gasteiger partial charge on any atom is -0.397 e. The zero-order chi connectivity index (χ0) is 12.6. The maximum Gasteiger partial charge on any atom is 0.138 e. The fourth-order valence-corrected chi connectivity index (χ4v) is 3.66. The van der Waals surface area contributed by atoms with Gasteiger partial charge in [-0.15, -0.1) is 0 Å². The lowest BCUT2D eigenvalue weighted by molar-refractivity contribution is 0.606. The average Bonchev–Trinajstić information content (AvgIpc) is 2.28. The van der Waals surface area contributed by atoms with E-state index < -0.39 is 0 Å². The summed E-state index contributed by atoms with van der Waals surface area (Å²) in [6.07, 6.45) is 0. The van der Waals surface area contributed by atoms with Crippen molar-refractivity contribution in [1.29, 1.82) is 0 Å². The standard InChI is InChI=1S/C12H16FIN2S/c1-7-8(2)17-4-3-16(7)12-5-9(13)10(14)6-11(12)15/h5-8H,3-4,15H2,1-2H3. The van der Waals surface area contributed by atoms with Gasteiger partial charge in [-0.2, -0.15) is 11.8 Å². The molecule has 2 nitrogen and oxygen atoms in total. The van der Waals surface area contributed by atoms with Gasteiger partial charge in [-0.05, 0) is 35.6 Å². The molecule has 1 heterocycles. The van der Waals surface area contributed by atoms with Crippen LogP contribution in [0.1, 0.15) is 13.8 Å². The van der Waals surface area contributed by atoms with Gasteiger partial charge in [-0.1, -0.05) is 6.92 Å². The van der Waals surface area contributed by atoms with Gasteiger partial charge in [0.1, 0.15) is 5.82 Å². The first-order valence-corrected chi connectivity index (χ1v) is 7.76. The van der Waals surface area contributed by atoms with E-state index >= 15 is 0 Å². The second kappa shape index (κ2) is 5.22. The Balaban J connectivity index is 2.36. The molecule has 2 unspecified atom stereocenters. The van der Waals surface area contributed by atoms with Crippen LogP contribution in [-0.4, -0.2) is 23.6 Å². The molecule has 1 aromatic carbocycles. The summed E-state index contributed by atoms with van der Waals surface area (Å²) in [5, 5.41) is 0.547. The minimum absolute atomic E-state index is 0.187. The molecule has 2 rings (SSSR count). The van der Waals surface area contributed by atoms with Gasteiger partial charge in [0.25, 0.3) is 0 Å². The van der Waals surface area contributed by atoms with Crippen LogP contribution in [0.2, 0.25) is 0 Å². The highest BCUT2D eigenvalue weighted by atomic mass is 127. The lowest BCUT2D eigenvalue weighted by Gasteiger charge is -2.39. The van der Waals surface area contributed by atoms with Gasteiger partial charge in [0.15, 0.2) is 0 Å². The highest BCUT2D eigenvalue weighted by Gasteiger charge is 2.27. The van der Waals surface area contributed by atoms with Crippen molar-refractivity contribution >= 4 is 45.7 Å². The monoisotopic (exact) mass is 366 g/mol. The SMILES string of the molecule is CC1SCCN(c2cc(F)c(I)cc2N)C1C. The van der Waals surface area contributed by atoms with E-state index in [9.17, 15) is 4.39 Å². The van der Waals surface area contributed by atoms with E-state index in [0.29, 0.717) is 20.5 Å². The lowest BCUT2D eigenvalue weighted by Crippen LogP contribution is -2.45. The van der Waals surface area contributed by atoms with E-state index in [1.54, 1.807) is 12.1 Å². The predicted molar refractivity (Wildman–Crippen MR) is 82.3 cm³/mol. The molecule has 1 saturated heterocycles. The second-order valence-electron chi connectivity index (χ2n) is 4.34. The molecule has 5 heteroatoms. The number of nitrogen functional groups attached to an aromatic ring is 1. The number of nitrogens with zero attached hydrogens (tertiary/aromatic N) is 1. The molecule has 2 N–H and O–H groups in total. The third kappa shape index (κ3) is 2.65. The fraction of sp³-hybridized carbons (Fsp3) is 0.500. The van der Waals surface area contributed by atoms with Crippen LogP contribution in [0.4, 0.5) is 15.8 Å². The van der Waals surface area contributed by atoms with Crippen LogP contribution in [0.5, 0.6) is 0 Å². The number of halogens is 2. The van der Waals surface area contributed by atoms with Gasteiger partial charge >= 0.3 is 0 Å². The van der Waals surface area contributed by atoms with Crippen molar-refractivity contribution in [2.24, 2.45) is 0 Å². The van der Waals surface area contributed by atoms with E-state index in [1.807, 2.05) is 34.4 Å². The van der Waals surface area contributed by atoms with Crippen LogP contribution in [0.25, 0.3) is 0 Å². The van der Waals surface area contributed by atoms with Crippen molar-refractivity contribution in [3.05, 3.63) is 21.5 Å². The van der Waals surface area contributed by atoms with Gasteiger partial charge in [-0.3, -0.25) is 0 Å². The zero-order valence-corrected chi connectivity index (χ0v) is 12.9. The number of hydrogen-bond donors (Lipinski definition) is 1. The van der Waals surface area contributed by atoms with Crippen molar-refractivity contribution in [1.82, 2.24) is 0 Å². The van der Waals surface area contributed by atoms with E-state index in [1.165, 1.54) is 0 Å². The van der Waals surface area contributed by atoms with E-state index in [4.69, 9.17) is 5.73 Å². The predicted octanol–water partition coefficient (Wildman–Crippen LogP) is 3.34. The quantitative estimate of drug-likeness (QED) is 0.611. The Hall–Kier alpha value is -0.170. The summed E-state index contributed by atoms with van der Waals surface area (Å²) in [6, 6.07) is 3.66. The summed E-state index contributed by atoms with van der Waals surface area (Å²) in [4.78, 5) is 2.22. The molecule has 0 amide bonds.